The Hall–Kier alpha value is -2.38. The minimum atomic E-state index is -0.540. The highest BCUT2D eigenvalue weighted by atomic mass is 79.9. The third kappa shape index (κ3) is 3.21. The molecule has 6 nitrogen and oxygen atoms in total. The number of hydrogen-bond acceptors (Lipinski definition) is 5. The van der Waals surface area contributed by atoms with E-state index >= 15 is 0 Å². The highest BCUT2D eigenvalue weighted by molar-refractivity contribution is 9.10. The molecule has 2 heterocycles. The molecule has 0 saturated heterocycles. The molecule has 2 unspecified atom stereocenters. The van der Waals surface area contributed by atoms with Crippen LogP contribution in [-0.4, -0.2) is 37.5 Å². The Bertz CT molecular complexity index is 1360. The van der Waals surface area contributed by atoms with Gasteiger partial charge in [0.25, 0.3) is 5.91 Å². The van der Waals surface area contributed by atoms with E-state index < -0.39 is 17.1 Å². The van der Waals surface area contributed by atoms with Crippen LogP contribution in [0.3, 0.4) is 0 Å². The summed E-state index contributed by atoms with van der Waals surface area (Å²) in [7, 11) is 3.53. The van der Waals surface area contributed by atoms with E-state index in [4.69, 9.17) is 9.47 Å². The Morgan fingerprint density at radius 2 is 1.89 bits per heavy atom. The highest BCUT2D eigenvalue weighted by Gasteiger charge is 2.69. The number of fused-ring (bicyclic) bond motifs is 3. The molecule has 0 aromatic heterocycles. The molecule has 202 valence electrons. The van der Waals surface area contributed by atoms with Crippen molar-refractivity contribution in [3.8, 4) is 11.5 Å². The number of para-hydroxylation sites is 1. The molecule has 2 aliphatic carbocycles. The van der Waals surface area contributed by atoms with Gasteiger partial charge in [-0.3, -0.25) is 9.59 Å². The number of nitrogens with one attached hydrogen (secondary N) is 2. The number of rotatable bonds is 3. The fourth-order valence-electron chi connectivity index (χ4n) is 8.36. The van der Waals surface area contributed by atoms with Crippen molar-refractivity contribution in [1.29, 1.82) is 0 Å². The first-order valence-electron chi connectivity index (χ1n) is 13.7. The SMILES string of the molecule is CNC1C[C@@]23Oc4c(cc(Br)c5c4C(c4ccccc4OC)NC5=O)C[C@]2(C)[C@@H](C)CC[C@H]3C(C)(C)C1=O. The number of benzene rings is 2. The molecular formula is C31H37BrN2O4. The standard InChI is InChI=1S/C31H37BrN2O4/c1-16-11-12-22-29(2,3)27(35)20(33-5)15-31(22)30(16,4)14-17-13-19(32)23-24(26(17)38-31)25(34-28(23)36)18-9-7-8-10-21(18)37-6/h7-10,13,16,20,22,25,33H,11-12,14-15H2,1-6H3,(H,34,36)/t16-,20?,22-,25?,30+,31-/m0/s1. The Labute approximate surface area is 233 Å². The lowest BCUT2D eigenvalue weighted by Gasteiger charge is -2.66. The summed E-state index contributed by atoms with van der Waals surface area (Å²) >= 11 is 3.73. The van der Waals surface area contributed by atoms with Gasteiger partial charge in [0, 0.05) is 38.8 Å². The van der Waals surface area contributed by atoms with Crippen LogP contribution in [0, 0.1) is 22.7 Å². The lowest BCUT2D eigenvalue weighted by atomic mass is 9.43. The summed E-state index contributed by atoms with van der Waals surface area (Å²) in [6.07, 6.45) is 3.48. The number of Topliss-reactive ketones (excluding diaryl/α,β-unsaturated/α-hetero) is 1. The molecule has 2 aliphatic heterocycles. The number of carbonyl (C=O) groups excluding carboxylic acids is 2. The topological polar surface area (TPSA) is 76.7 Å². The van der Waals surface area contributed by atoms with Crippen LogP contribution in [0.15, 0.2) is 34.8 Å². The van der Waals surface area contributed by atoms with Gasteiger partial charge in [0.15, 0.2) is 5.78 Å². The lowest BCUT2D eigenvalue weighted by molar-refractivity contribution is -0.212. The largest absolute Gasteiger partial charge is 0.496 e. The number of ketones is 1. The van der Waals surface area contributed by atoms with Crippen LogP contribution in [0.4, 0.5) is 0 Å². The zero-order valence-electron chi connectivity index (χ0n) is 23.0. The molecule has 1 spiro atoms. The van der Waals surface area contributed by atoms with Gasteiger partial charge in [-0.15, -0.1) is 0 Å². The molecule has 38 heavy (non-hydrogen) atoms. The molecule has 7 heteroatoms. The van der Waals surface area contributed by atoms with E-state index in [2.05, 4.69) is 60.3 Å². The molecule has 6 atom stereocenters. The molecule has 0 radical (unpaired) electrons. The number of hydrogen-bond donors (Lipinski definition) is 2. The quantitative estimate of drug-likeness (QED) is 0.494. The number of carbonyl (C=O) groups is 2. The van der Waals surface area contributed by atoms with Gasteiger partial charge in [-0.2, -0.15) is 0 Å². The zero-order chi connectivity index (χ0) is 27.2. The summed E-state index contributed by atoms with van der Waals surface area (Å²) in [6.45, 7) is 8.92. The predicted molar refractivity (Wildman–Crippen MR) is 150 cm³/mol. The second kappa shape index (κ2) is 8.56. The number of likely N-dealkylation sites (N-methyl/N-ethyl adjacent to an activating group) is 1. The van der Waals surface area contributed by atoms with E-state index in [9.17, 15) is 9.59 Å². The molecule has 2 aromatic rings. The lowest BCUT2D eigenvalue weighted by Crippen LogP contribution is -2.73. The second-order valence-electron chi connectivity index (χ2n) is 12.5. The van der Waals surface area contributed by atoms with E-state index in [1.807, 2.05) is 31.3 Å². The molecule has 2 fully saturated rings. The molecular weight excluding hydrogens is 544 g/mol. The third-order valence-corrected chi connectivity index (χ3v) is 11.2. The van der Waals surface area contributed by atoms with Crippen LogP contribution < -0.4 is 20.1 Å². The number of methoxy groups -OCH3 is 1. The molecule has 2 aromatic carbocycles. The fourth-order valence-corrected chi connectivity index (χ4v) is 9.03. The van der Waals surface area contributed by atoms with Crippen molar-refractivity contribution in [2.24, 2.45) is 22.7 Å². The predicted octanol–water partition coefficient (Wildman–Crippen LogP) is 5.60. The van der Waals surface area contributed by atoms with Crippen LogP contribution in [-0.2, 0) is 11.2 Å². The first-order chi connectivity index (χ1) is 18.0. The average molecular weight is 582 g/mol. The highest BCUT2D eigenvalue weighted by Crippen LogP contribution is 2.66. The smallest absolute Gasteiger partial charge is 0.253 e. The molecule has 4 aliphatic rings. The van der Waals surface area contributed by atoms with Gasteiger partial charge in [0.1, 0.15) is 17.1 Å². The third-order valence-electron chi connectivity index (χ3n) is 10.6. The summed E-state index contributed by atoms with van der Waals surface area (Å²) < 4.78 is 13.9. The molecule has 0 bridgehead atoms. The van der Waals surface area contributed by atoms with Crippen molar-refractivity contribution in [1.82, 2.24) is 10.6 Å². The first kappa shape index (κ1) is 25.9. The van der Waals surface area contributed by atoms with Crippen LogP contribution in [0.25, 0.3) is 0 Å². The summed E-state index contributed by atoms with van der Waals surface area (Å²) in [4.78, 5) is 27.0. The maximum absolute atomic E-state index is 13.6. The first-order valence-corrected chi connectivity index (χ1v) is 14.5. The Balaban J connectivity index is 1.60. The summed E-state index contributed by atoms with van der Waals surface area (Å²) in [5.41, 5.74) is 2.27. The van der Waals surface area contributed by atoms with Gasteiger partial charge >= 0.3 is 0 Å². The summed E-state index contributed by atoms with van der Waals surface area (Å²) in [6, 6.07) is 9.24. The minimum Gasteiger partial charge on any atom is -0.496 e. The van der Waals surface area contributed by atoms with E-state index in [0.29, 0.717) is 17.9 Å². The molecule has 6 rings (SSSR count). The maximum atomic E-state index is 13.6. The van der Waals surface area contributed by atoms with E-state index in [1.54, 1.807) is 7.11 Å². The van der Waals surface area contributed by atoms with Gasteiger partial charge in [-0.05, 0) is 65.9 Å². The Morgan fingerprint density at radius 1 is 1.16 bits per heavy atom. The van der Waals surface area contributed by atoms with Crippen molar-refractivity contribution in [2.45, 2.75) is 71.1 Å². The van der Waals surface area contributed by atoms with Crippen molar-refractivity contribution < 1.29 is 19.1 Å². The van der Waals surface area contributed by atoms with Gasteiger partial charge in [0.05, 0.1) is 24.8 Å². The van der Waals surface area contributed by atoms with E-state index in [1.165, 1.54) is 0 Å². The van der Waals surface area contributed by atoms with Crippen LogP contribution in [0.2, 0.25) is 0 Å². The van der Waals surface area contributed by atoms with Gasteiger partial charge in [0.2, 0.25) is 0 Å². The Morgan fingerprint density at radius 3 is 2.61 bits per heavy atom. The zero-order valence-corrected chi connectivity index (χ0v) is 24.6. The van der Waals surface area contributed by atoms with Crippen LogP contribution in [0.1, 0.15) is 80.0 Å². The average Bonchev–Trinajstić information content (AvgIpc) is 3.24. The van der Waals surface area contributed by atoms with Crippen molar-refractivity contribution in [3.63, 3.8) is 0 Å². The second-order valence-corrected chi connectivity index (χ2v) is 13.4. The van der Waals surface area contributed by atoms with Crippen molar-refractivity contribution >= 4 is 27.6 Å². The van der Waals surface area contributed by atoms with Crippen LogP contribution in [0.5, 0.6) is 11.5 Å². The number of ether oxygens (including phenoxy) is 2. The van der Waals surface area contributed by atoms with E-state index in [-0.39, 0.29) is 29.1 Å². The fraction of sp³-hybridized carbons (Fsp3) is 0.548. The van der Waals surface area contributed by atoms with Gasteiger partial charge < -0.3 is 20.1 Å². The number of halogens is 1. The number of amides is 1. The van der Waals surface area contributed by atoms with Gasteiger partial charge in [-0.1, -0.05) is 45.9 Å². The molecule has 1 amide bonds. The van der Waals surface area contributed by atoms with Crippen LogP contribution >= 0.6 is 15.9 Å². The normalized spacial score (nSPS) is 34.8. The van der Waals surface area contributed by atoms with Crippen molar-refractivity contribution in [2.75, 3.05) is 14.2 Å². The van der Waals surface area contributed by atoms with Crippen molar-refractivity contribution in [3.05, 3.63) is 57.1 Å². The van der Waals surface area contributed by atoms with Gasteiger partial charge in [-0.25, -0.2) is 0 Å². The molecule has 2 saturated carbocycles. The van der Waals surface area contributed by atoms with E-state index in [0.717, 1.165) is 51.9 Å². The Kier molecular flexibility index (Phi) is 5.83. The summed E-state index contributed by atoms with van der Waals surface area (Å²) in [5, 5.41) is 6.53. The molecule has 2 N–H and O–H groups in total. The summed E-state index contributed by atoms with van der Waals surface area (Å²) in [5.74, 6) is 2.17. The maximum Gasteiger partial charge on any atom is 0.253 e. The minimum absolute atomic E-state index is 0.0792. The monoisotopic (exact) mass is 580 g/mol.